The molecule has 7 nitrogen and oxygen atoms in total. The van der Waals surface area contributed by atoms with Gasteiger partial charge in [0.25, 0.3) is 11.8 Å². The van der Waals surface area contributed by atoms with Crippen molar-refractivity contribution < 1.29 is 14.3 Å². The Morgan fingerprint density at radius 2 is 2.10 bits per heavy atom. The number of carbonyl (C=O) groups excluding carboxylic acids is 2. The van der Waals surface area contributed by atoms with E-state index in [0.29, 0.717) is 37.6 Å². The number of thiazole rings is 1. The summed E-state index contributed by atoms with van der Waals surface area (Å²) in [4.78, 5) is 30.1. The lowest BCUT2D eigenvalue weighted by atomic mass is 10.0. The second-order valence-electron chi connectivity index (χ2n) is 7.05. The highest BCUT2D eigenvalue weighted by Crippen LogP contribution is 2.23. The summed E-state index contributed by atoms with van der Waals surface area (Å²) < 4.78 is 7.46. The molecule has 0 bridgehead atoms. The molecule has 3 aromatic rings. The predicted molar refractivity (Wildman–Crippen MR) is 114 cm³/mol. The SMILES string of the molecule is CC[C@@H](NC(=O)c1cc(C(=O)NCc2nccs2)c2n1CCOC2)c1ccccc1. The maximum absolute atomic E-state index is 13.1. The van der Waals surface area contributed by atoms with Crippen LogP contribution in [0.25, 0.3) is 0 Å². The van der Waals surface area contributed by atoms with Gasteiger partial charge in [-0.1, -0.05) is 37.3 Å². The van der Waals surface area contributed by atoms with Crippen LogP contribution >= 0.6 is 11.3 Å². The highest BCUT2D eigenvalue weighted by Gasteiger charge is 2.27. The third-order valence-corrected chi connectivity index (χ3v) is 5.96. The molecule has 2 aromatic heterocycles. The van der Waals surface area contributed by atoms with Crippen molar-refractivity contribution in [1.29, 1.82) is 0 Å². The fourth-order valence-corrected chi connectivity index (χ4v) is 4.20. The zero-order valence-electron chi connectivity index (χ0n) is 16.8. The molecule has 1 aliphatic rings. The largest absolute Gasteiger partial charge is 0.373 e. The molecule has 2 amide bonds. The van der Waals surface area contributed by atoms with E-state index in [4.69, 9.17) is 4.74 Å². The van der Waals surface area contributed by atoms with Gasteiger partial charge in [0.05, 0.1) is 37.1 Å². The first-order valence-electron chi connectivity index (χ1n) is 10.00. The van der Waals surface area contributed by atoms with E-state index in [0.717, 1.165) is 22.7 Å². The van der Waals surface area contributed by atoms with E-state index in [1.807, 2.05) is 47.2 Å². The average Bonchev–Trinajstić information content (AvgIpc) is 3.44. The van der Waals surface area contributed by atoms with Crippen LogP contribution in [0.4, 0.5) is 0 Å². The summed E-state index contributed by atoms with van der Waals surface area (Å²) >= 11 is 1.49. The molecule has 0 saturated heterocycles. The standard InChI is InChI=1S/C22H24N4O3S/c1-2-17(15-6-4-3-5-7-15)25-22(28)18-12-16(19-14-29-10-9-26(18)19)21(27)24-13-20-23-8-11-30-20/h3-8,11-12,17H,2,9-10,13-14H2,1H3,(H,24,27)(H,25,28)/t17-/m1/s1. The van der Waals surface area contributed by atoms with Gasteiger partial charge in [0.2, 0.25) is 0 Å². The van der Waals surface area contributed by atoms with Gasteiger partial charge in [0.15, 0.2) is 0 Å². The normalized spacial score (nSPS) is 14.0. The second kappa shape index (κ2) is 9.23. The molecule has 30 heavy (non-hydrogen) atoms. The van der Waals surface area contributed by atoms with Gasteiger partial charge in [-0.2, -0.15) is 0 Å². The number of rotatable bonds is 7. The lowest BCUT2D eigenvalue weighted by Crippen LogP contribution is -2.31. The zero-order valence-corrected chi connectivity index (χ0v) is 17.6. The Bertz CT molecular complexity index is 1010. The molecular weight excluding hydrogens is 400 g/mol. The van der Waals surface area contributed by atoms with E-state index in [9.17, 15) is 9.59 Å². The van der Waals surface area contributed by atoms with Crippen molar-refractivity contribution in [3.8, 4) is 0 Å². The number of amides is 2. The fraction of sp³-hybridized carbons (Fsp3) is 0.318. The monoisotopic (exact) mass is 424 g/mol. The molecule has 0 unspecified atom stereocenters. The Morgan fingerprint density at radius 3 is 2.83 bits per heavy atom. The summed E-state index contributed by atoms with van der Waals surface area (Å²) in [6.45, 7) is 3.76. The molecule has 0 aliphatic carbocycles. The minimum Gasteiger partial charge on any atom is -0.373 e. The second-order valence-corrected chi connectivity index (χ2v) is 8.03. The van der Waals surface area contributed by atoms with Crippen LogP contribution in [-0.2, 0) is 24.4 Å². The van der Waals surface area contributed by atoms with Crippen LogP contribution in [0.3, 0.4) is 0 Å². The van der Waals surface area contributed by atoms with Gasteiger partial charge in [0, 0.05) is 18.1 Å². The first-order valence-corrected chi connectivity index (χ1v) is 10.9. The zero-order chi connectivity index (χ0) is 20.9. The smallest absolute Gasteiger partial charge is 0.268 e. The van der Waals surface area contributed by atoms with Crippen molar-refractivity contribution in [2.75, 3.05) is 6.61 Å². The number of ether oxygens (including phenoxy) is 1. The molecule has 4 rings (SSSR count). The van der Waals surface area contributed by atoms with Crippen LogP contribution in [0.15, 0.2) is 48.0 Å². The number of benzene rings is 1. The van der Waals surface area contributed by atoms with Gasteiger partial charge >= 0.3 is 0 Å². The van der Waals surface area contributed by atoms with Gasteiger partial charge in [0.1, 0.15) is 10.7 Å². The van der Waals surface area contributed by atoms with Gasteiger partial charge < -0.3 is 19.9 Å². The van der Waals surface area contributed by atoms with Crippen molar-refractivity contribution in [3.05, 3.63) is 75.5 Å². The first-order chi connectivity index (χ1) is 14.7. The minimum absolute atomic E-state index is 0.0909. The summed E-state index contributed by atoms with van der Waals surface area (Å²) in [5.74, 6) is -0.415. The highest BCUT2D eigenvalue weighted by atomic mass is 32.1. The van der Waals surface area contributed by atoms with Crippen molar-refractivity contribution in [2.45, 2.75) is 39.1 Å². The van der Waals surface area contributed by atoms with Gasteiger partial charge in [-0.25, -0.2) is 4.98 Å². The first kappa shape index (κ1) is 20.3. The van der Waals surface area contributed by atoms with Crippen molar-refractivity contribution in [2.24, 2.45) is 0 Å². The molecule has 1 aliphatic heterocycles. The summed E-state index contributed by atoms with van der Waals surface area (Å²) in [7, 11) is 0. The lowest BCUT2D eigenvalue weighted by molar-refractivity contribution is 0.0775. The molecule has 1 aromatic carbocycles. The quantitative estimate of drug-likeness (QED) is 0.610. The molecule has 2 N–H and O–H groups in total. The molecule has 0 radical (unpaired) electrons. The maximum Gasteiger partial charge on any atom is 0.268 e. The number of carbonyl (C=O) groups is 2. The number of hydrogen-bond donors (Lipinski definition) is 2. The van der Waals surface area contributed by atoms with Crippen molar-refractivity contribution >= 4 is 23.2 Å². The van der Waals surface area contributed by atoms with Crippen LogP contribution in [0.2, 0.25) is 0 Å². The molecule has 3 heterocycles. The number of aromatic nitrogens is 2. The highest BCUT2D eigenvalue weighted by molar-refractivity contribution is 7.09. The van der Waals surface area contributed by atoms with Crippen LogP contribution in [0, 0.1) is 0 Å². The molecule has 8 heteroatoms. The van der Waals surface area contributed by atoms with E-state index in [1.54, 1.807) is 12.3 Å². The van der Waals surface area contributed by atoms with E-state index in [2.05, 4.69) is 15.6 Å². The number of hydrogen-bond acceptors (Lipinski definition) is 5. The van der Waals surface area contributed by atoms with E-state index < -0.39 is 0 Å². The summed E-state index contributed by atoms with van der Waals surface area (Å²) in [6, 6.07) is 11.5. The lowest BCUT2D eigenvalue weighted by Gasteiger charge is -2.21. The van der Waals surface area contributed by atoms with E-state index in [1.165, 1.54) is 11.3 Å². The molecule has 156 valence electrons. The van der Waals surface area contributed by atoms with Crippen molar-refractivity contribution in [3.63, 3.8) is 0 Å². The maximum atomic E-state index is 13.1. The van der Waals surface area contributed by atoms with E-state index in [-0.39, 0.29) is 17.9 Å². The summed E-state index contributed by atoms with van der Waals surface area (Å²) in [6.07, 6.45) is 2.48. The Kier molecular flexibility index (Phi) is 6.25. The van der Waals surface area contributed by atoms with Gasteiger partial charge in [-0.05, 0) is 18.1 Å². The Morgan fingerprint density at radius 1 is 1.27 bits per heavy atom. The molecular formula is C22H24N4O3S. The third kappa shape index (κ3) is 4.29. The topological polar surface area (TPSA) is 85.3 Å². The summed E-state index contributed by atoms with van der Waals surface area (Å²) in [5.41, 5.74) is 2.76. The minimum atomic E-state index is -0.228. The number of fused-ring (bicyclic) bond motifs is 1. The third-order valence-electron chi connectivity index (χ3n) is 5.18. The molecule has 0 fully saturated rings. The molecule has 1 atom stereocenters. The van der Waals surface area contributed by atoms with Gasteiger partial charge in [-0.3, -0.25) is 9.59 Å². The average molecular weight is 425 g/mol. The van der Waals surface area contributed by atoms with Crippen LogP contribution in [0.1, 0.15) is 56.5 Å². The van der Waals surface area contributed by atoms with Crippen LogP contribution in [-0.4, -0.2) is 28.0 Å². The Hall–Kier alpha value is -2.97. The van der Waals surface area contributed by atoms with Crippen LogP contribution < -0.4 is 10.6 Å². The Balaban J connectivity index is 1.55. The Labute approximate surface area is 179 Å². The molecule has 0 saturated carbocycles. The van der Waals surface area contributed by atoms with Crippen molar-refractivity contribution in [1.82, 2.24) is 20.2 Å². The van der Waals surface area contributed by atoms with E-state index >= 15 is 0 Å². The predicted octanol–water partition coefficient (Wildman–Crippen LogP) is 3.29. The van der Waals surface area contributed by atoms with Crippen LogP contribution in [0.5, 0.6) is 0 Å². The number of nitrogens with one attached hydrogen (secondary N) is 2. The summed E-state index contributed by atoms with van der Waals surface area (Å²) in [5, 5.41) is 8.71. The van der Waals surface area contributed by atoms with Gasteiger partial charge in [-0.15, -0.1) is 11.3 Å². The fourth-order valence-electron chi connectivity index (χ4n) is 3.64. The molecule has 0 spiro atoms. The number of nitrogens with zero attached hydrogens (tertiary/aromatic N) is 2.